The standard InChI is InChI=1S/C12H18N2O2/c1-2-10-6-3-4-7-11(10)14-12(16)13-8-5-9-15/h3-4,6-7,15H,2,5,8-9H2,1H3,(H2,13,14,16). The first-order valence-corrected chi connectivity index (χ1v) is 5.51. The third-order valence-electron chi connectivity index (χ3n) is 2.27. The fraction of sp³-hybridized carbons (Fsp3) is 0.417. The third-order valence-corrected chi connectivity index (χ3v) is 2.27. The van der Waals surface area contributed by atoms with Crippen molar-refractivity contribution in [3.63, 3.8) is 0 Å². The number of urea groups is 1. The summed E-state index contributed by atoms with van der Waals surface area (Å²) in [5.74, 6) is 0. The number of aliphatic hydroxyl groups excluding tert-OH is 1. The molecule has 4 nitrogen and oxygen atoms in total. The molecule has 0 aliphatic rings. The summed E-state index contributed by atoms with van der Waals surface area (Å²) in [5, 5.41) is 14.0. The van der Waals surface area contributed by atoms with Gasteiger partial charge in [-0.15, -0.1) is 0 Å². The lowest BCUT2D eigenvalue weighted by atomic mass is 10.1. The molecular weight excluding hydrogens is 204 g/mol. The molecule has 0 unspecified atom stereocenters. The second kappa shape index (κ2) is 6.85. The van der Waals surface area contributed by atoms with E-state index >= 15 is 0 Å². The van der Waals surface area contributed by atoms with Gasteiger partial charge in [-0.05, 0) is 24.5 Å². The molecule has 0 bridgehead atoms. The summed E-state index contributed by atoms with van der Waals surface area (Å²) in [6.07, 6.45) is 1.45. The van der Waals surface area contributed by atoms with Gasteiger partial charge >= 0.3 is 6.03 Å². The Morgan fingerprint density at radius 3 is 2.81 bits per heavy atom. The minimum Gasteiger partial charge on any atom is -0.396 e. The van der Waals surface area contributed by atoms with E-state index in [0.29, 0.717) is 13.0 Å². The van der Waals surface area contributed by atoms with Gasteiger partial charge in [-0.25, -0.2) is 4.79 Å². The van der Waals surface area contributed by atoms with Crippen molar-refractivity contribution in [1.82, 2.24) is 5.32 Å². The third kappa shape index (κ3) is 3.90. The Kier molecular flexibility index (Phi) is 5.36. The van der Waals surface area contributed by atoms with Crippen LogP contribution < -0.4 is 10.6 Å². The molecule has 2 amide bonds. The van der Waals surface area contributed by atoms with E-state index in [1.54, 1.807) is 0 Å². The zero-order valence-electron chi connectivity index (χ0n) is 9.49. The summed E-state index contributed by atoms with van der Waals surface area (Å²) >= 11 is 0. The minimum absolute atomic E-state index is 0.0891. The number of aliphatic hydroxyl groups is 1. The molecule has 0 aliphatic heterocycles. The van der Waals surface area contributed by atoms with Gasteiger partial charge in [-0.1, -0.05) is 25.1 Å². The van der Waals surface area contributed by atoms with Crippen molar-refractivity contribution < 1.29 is 9.90 Å². The predicted octanol–water partition coefficient (Wildman–Crippen LogP) is 1.75. The lowest BCUT2D eigenvalue weighted by Crippen LogP contribution is -2.30. The molecular formula is C12H18N2O2. The number of aryl methyl sites for hydroxylation is 1. The fourth-order valence-electron chi connectivity index (χ4n) is 1.40. The predicted molar refractivity (Wildman–Crippen MR) is 64.5 cm³/mol. The molecule has 0 spiro atoms. The summed E-state index contributed by atoms with van der Waals surface area (Å²) in [7, 11) is 0. The number of amides is 2. The van der Waals surface area contributed by atoms with Gasteiger partial charge < -0.3 is 15.7 Å². The Morgan fingerprint density at radius 1 is 1.38 bits per heavy atom. The monoisotopic (exact) mass is 222 g/mol. The molecule has 0 radical (unpaired) electrons. The maximum atomic E-state index is 11.5. The second-order valence-electron chi connectivity index (χ2n) is 3.47. The number of hydrogen-bond acceptors (Lipinski definition) is 2. The number of rotatable bonds is 5. The average Bonchev–Trinajstić information content (AvgIpc) is 2.30. The summed E-state index contributed by atoms with van der Waals surface area (Å²) in [6, 6.07) is 7.48. The van der Waals surface area contributed by atoms with Crippen LogP contribution >= 0.6 is 0 Å². The molecule has 0 saturated heterocycles. The number of benzene rings is 1. The van der Waals surface area contributed by atoms with Gasteiger partial charge in [-0.2, -0.15) is 0 Å². The molecule has 4 heteroatoms. The van der Waals surface area contributed by atoms with Crippen LogP contribution in [-0.4, -0.2) is 24.3 Å². The number of carbonyl (C=O) groups excluding carboxylic acids is 1. The molecule has 16 heavy (non-hydrogen) atoms. The number of hydrogen-bond donors (Lipinski definition) is 3. The number of carbonyl (C=O) groups is 1. The van der Waals surface area contributed by atoms with Crippen molar-refractivity contribution in [2.45, 2.75) is 19.8 Å². The van der Waals surface area contributed by atoms with E-state index in [9.17, 15) is 4.79 Å². The highest BCUT2D eigenvalue weighted by atomic mass is 16.3. The highest BCUT2D eigenvalue weighted by Gasteiger charge is 2.03. The molecule has 1 aromatic carbocycles. The van der Waals surface area contributed by atoms with E-state index < -0.39 is 0 Å². The molecule has 0 heterocycles. The van der Waals surface area contributed by atoms with Gasteiger partial charge in [0.1, 0.15) is 0 Å². The van der Waals surface area contributed by atoms with Gasteiger partial charge in [0.15, 0.2) is 0 Å². The van der Waals surface area contributed by atoms with Crippen molar-refractivity contribution in [2.75, 3.05) is 18.5 Å². The van der Waals surface area contributed by atoms with Crippen LogP contribution in [0, 0.1) is 0 Å². The van der Waals surface area contributed by atoms with Crippen molar-refractivity contribution in [2.24, 2.45) is 0 Å². The zero-order valence-corrected chi connectivity index (χ0v) is 9.49. The first-order chi connectivity index (χ1) is 7.77. The molecule has 3 N–H and O–H groups in total. The largest absolute Gasteiger partial charge is 0.396 e. The molecule has 0 aromatic heterocycles. The highest BCUT2D eigenvalue weighted by molar-refractivity contribution is 5.90. The molecule has 88 valence electrons. The van der Waals surface area contributed by atoms with Crippen LogP contribution in [0.2, 0.25) is 0 Å². The Morgan fingerprint density at radius 2 is 2.12 bits per heavy atom. The first-order valence-electron chi connectivity index (χ1n) is 5.51. The average molecular weight is 222 g/mol. The Balaban J connectivity index is 2.49. The van der Waals surface area contributed by atoms with Crippen LogP contribution in [0.4, 0.5) is 10.5 Å². The summed E-state index contributed by atoms with van der Waals surface area (Å²) < 4.78 is 0. The number of para-hydroxylation sites is 1. The van der Waals surface area contributed by atoms with Crippen molar-refractivity contribution >= 4 is 11.7 Å². The number of anilines is 1. The van der Waals surface area contributed by atoms with Crippen molar-refractivity contribution in [3.05, 3.63) is 29.8 Å². The zero-order chi connectivity index (χ0) is 11.8. The Labute approximate surface area is 95.7 Å². The van der Waals surface area contributed by atoms with Gasteiger partial charge in [0.25, 0.3) is 0 Å². The lowest BCUT2D eigenvalue weighted by Gasteiger charge is -2.10. The van der Waals surface area contributed by atoms with E-state index in [1.165, 1.54) is 0 Å². The molecule has 1 aromatic rings. The maximum absolute atomic E-state index is 11.5. The number of nitrogens with one attached hydrogen (secondary N) is 2. The van der Waals surface area contributed by atoms with E-state index in [-0.39, 0.29) is 12.6 Å². The van der Waals surface area contributed by atoms with Gasteiger partial charge in [-0.3, -0.25) is 0 Å². The van der Waals surface area contributed by atoms with Gasteiger partial charge in [0.05, 0.1) is 0 Å². The molecule has 0 atom stereocenters. The van der Waals surface area contributed by atoms with E-state index in [1.807, 2.05) is 31.2 Å². The summed E-state index contributed by atoms with van der Waals surface area (Å²) in [5.41, 5.74) is 1.95. The maximum Gasteiger partial charge on any atom is 0.319 e. The van der Waals surface area contributed by atoms with E-state index in [0.717, 1.165) is 17.7 Å². The lowest BCUT2D eigenvalue weighted by molar-refractivity contribution is 0.249. The minimum atomic E-state index is -0.227. The van der Waals surface area contributed by atoms with Crippen LogP contribution in [-0.2, 0) is 6.42 Å². The smallest absolute Gasteiger partial charge is 0.319 e. The Bertz CT molecular complexity index is 340. The SMILES string of the molecule is CCc1ccccc1NC(=O)NCCCO. The Hall–Kier alpha value is -1.55. The second-order valence-corrected chi connectivity index (χ2v) is 3.47. The molecule has 1 rings (SSSR count). The topological polar surface area (TPSA) is 61.4 Å². The van der Waals surface area contributed by atoms with Crippen LogP contribution in [0.5, 0.6) is 0 Å². The molecule has 0 aliphatic carbocycles. The molecule has 0 saturated carbocycles. The van der Waals surface area contributed by atoms with E-state index in [2.05, 4.69) is 10.6 Å². The van der Waals surface area contributed by atoms with Crippen molar-refractivity contribution in [1.29, 1.82) is 0 Å². The highest BCUT2D eigenvalue weighted by Crippen LogP contribution is 2.14. The van der Waals surface area contributed by atoms with Gasteiger partial charge in [0.2, 0.25) is 0 Å². The van der Waals surface area contributed by atoms with Crippen LogP contribution in [0.3, 0.4) is 0 Å². The molecule has 0 fully saturated rings. The first kappa shape index (κ1) is 12.5. The quantitative estimate of drug-likeness (QED) is 0.665. The van der Waals surface area contributed by atoms with Gasteiger partial charge in [0, 0.05) is 18.8 Å². The van der Waals surface area contributed by atoms with Crippen LogP contribution in [0.25, 0.3) is 0 Å². The normalized spacial score (nSPS) is 9.88. The van der Waals surface area contributed by atoms with Crippen LogP contribution in [0.1, 0.15) is 18.9 Å². The van der Waals surface area contributed by atoms with Crippen molar-refractivity contribution in [3.8, 4) is 0 Å². The summed E-state index contributed by atoms with van der Waals surface area (Å²) in [4.78, 5) is 11.5. The summed E-state index contributed by atoms with van der Waals surface area (Å²) in [6.45, 7) is 2.62. The fourth-order valence-corrected chi connectivity index (χ4v) is 1.40. The van der Waals surface area contributed by atoms with Crippen LogP contribution in [0.15, 0.2) is 24.3 Å². The van der Waals surface area contributed by atoms with E-state index in [4.69, 9.17) is 5.11 Å².